The Morgan fingerprint density at radius 2 is 1.56 bits per heavy atom. The van der Waals surface area contributed by atoms with Crippen LogP contribution in [0.4, 0.5) is 5.69 Å². The summed E-state index contributed by atoms with van der Waals surface area (Å²) < 4.78 is 1.65. The molecule has 0 bridgehead atoms. The molecule has 1 aliphatic rings. The van der Waals surface area contributed by atoms with Crippen molar-refractivity contribution in [1.82, 2.24) is 9.55 Å². The molecule has 0 saturated heterocycles. The van der Waals surface area contributed by atoms with E-state index in [0.29, 0.717) is 28.8 Å². The van der Waals surface area contributed by atoms with Crippen molar-refractivity contribution >= 4 is 34.1 Å². The molecular weight excluding hydrogens is 398 g/mol. The number of benzene rings is 3. The maximum atomic E-state index is 13.4. The van der Waals surface area contributed by atoms with Crippen molar-refractivity contribution in [2.24, 2.45) is 0 Å². The zero-order chi connectivity index (χ0) is 22.2. The van der Waals surface area contributed by atoms with Gasteiger partial charge in [0.05, 0.1) is 28.7 Å². The fourth-order valence-corrected chi connectivity index (χ4v) is 4.26. The summed E-state index contributed by atoms with van der Waals surface area (Å²) in [6.07, 6.45) is 1.76. The van der Waals surface area contributed by atoms with Gasteiger partial charge < -0.3 is 4.90 Å². The number of hydrogen-bond donors (Lipinski definition) is 0. The molecule has 0 saturated carbocycles. The Balaban J connectivity index is 1.74. The van der Waals surface area contributed by atoms with E-state index in [1.165, 1.54) is 0 Å². The molecule has 0 atom stereocenters. The normalized spacial score (nSPS) is 14.5. The largest absolute Gasteiger partial charge is 0.305 e. The van der Waals surface area contributed by atoms with E-state index >= 15 is 0 Å². The Morgan fingerprint density at radius 3 is 2.34 bits per heavy atom. The minimum atomic E-state index is -0.120. The lowest BCUT2D eigenvalue weighted by molar-refractivity contribution is -0.113. The van der Waals surface area contributed by atoms with Crippen LogP contribution in [0.15, 0.2) is 83.7 Å². The maximum Gasteiger partial charge on any atom is 0.261 e. The van der Waals surface area contributed by atoms with Crippen LogP contribution in [0.5, 0.6) is 0 Å². The Morgan fingerprint density at radius 1 is 0.875 bits per heavy atom. The number of para-hydroxylation sites is 2. The summed E-state index contributed by atoms with van der Waals surface area (Å²) in [4.78, 5) is 33.4. The number of amides is 1. The van der Waals surface area contributed by atoms with Crippen LogP contribution in [0.25, 0.3) is 22.6 Å². The number of carbonyl (C=O) groups is 1. The molecule has 2 heterocycles. The van der Waals surface area contributed by atoms with Crippen LogP contribution in [-0.4, -0.2) is 21.5 Å². The molecule has 3 aromatic carbocycles. The predicted molar refractivity (Wildman–Crippen MR) is 128 cm³/mol. The fraction of sp³-hybridized carbons (Fsp3) is 0.148. The van der Waals surface area contributed by atoms with Crippen molar-refractivity contribution in [2.45, 2.75) is 26.4 Å². The van der Waals surface area contributed by atoms with Crippen LogP contribution in [0.3, 0.4) is 0 Å². The van der Waals surface area contributed by atoms with E-state index in [4.69, 9.17) is 4.98 Å². The van der Waals surface area contributed by atoms with Crippen LogP contribution in [0.1, 0.15) is 30.8 Å². The van der Waals surface area contributed by atoms with Gasteiger partial charge in [-0.1, -0.05) is 60.7 Å². The monoisotopic (exact) mass is 421 g/mol. The van der Waals surface area contributed by atoms with Crippen molar-refractivity contribution < 1.29 is 4.79 Å². The van der Waals surface area contributed by atoms with Crippen LogP contribution >= 0.6 is 0 Å². The molecule has 0 unspecified atom stereocenters. The molecule has 158 valence electrons. The molecule has 0 N–H and O–H groups in total. The van der Waals surface area contributed by atoms with Gasteiger partial charge in [0.15, 0.2) is 0 Å². The highest BCUT2D eigenvalue weighted by molar-refractivity contribution is 6.35. The second-order valence-corrected chi connectivity index (χ2v) is 8.21. The third-order valence-corrected chi connectivity index (χ3v) is 5.77. The molecule has 1 aromatic heterocycles. The van der Waals surface area contributed by atoms with Gasteiger partial charge in [-0.3, -0.25) is 14.2 Å². The van der Waals surface area contributed by atoms with Crippen LogP contribution < -0.4 is 10.5 Å². The molecule has 5 rings (SSSR count). The van der Waals surface area contributed by atoms with Gasteiger partial charge in [0.2, 0.25) is 0 Å². The number of anilines is 1. The summed E-state index contributed by atoms with van der Waals surface area (Å²) in [6.45, 7) is 4.37. The first-order valence-corrected chi connectivity index (χ1v) is 10.7. The molecule has 0 aliphatic carbocycles. The van der Waals surface area contributed by atoms with Crippen LogP contribution in [-0.2, 0) is 11.3 Å². The molecular formula is C27H23N3O2. The smallest absolute Gasteiger partial charge is 0.261 e. The zero-order valence-electron chi connectivity index (χ0n) is 18.0. The molecule has 32 heavy (non-hydrogen) atoms. The Kier molecular flexibility index (Phi) is 4.94. The minimum absolute atomic E-state index is 0.0191. The summed E-state index contributed by atoms with van der Waals surface area (Å²) in [5, 5.41) is 0.563. The Bertz CT molecular complexity index is 1420. The zero-order valence-corrected chi connectivity index (χ0v) is 18.0. The minimum Gasteiger partial charge on any atom is -0.305 e. The lowest BCUT2D eigenvalue weighted by Crippen LogP contribution is -2.33. The lowest BCUT2D eigenvalue weighted by atomic mass is 10.1. The molecule has 4 aromatic rings. The van der Waals surface area contributed by atoms with Crippen molar-refractivity contribution in [3.05, 3.63) is 106 Å². The van der Waals surface area contributed by atoms with Crippen molar-refractivity contribution in [3.63, 3.8) is 0 Å². The molecule has 0 radical (unpaired) electrons. The van der Waals surface area contributed by atoms with Gasteiger partial charge in [0.25, 0.3) is 11.5 Å². The summed E-state index contributed by atoms with van der Waals surface area (Å²) in [7, 11) is 0. The summed E-state index contributed by atoms with van der Waals surface area (Å²) in [6, 6.07) is 24.9. The number of rotatable bonds is 4. The first kappa shape index (κ1) is 19.9. The van der Waals surface area contributed by atoms with E-state index in [0.717, 1.165) is 16.8 Å². The summed E-state index contributed by atoms with van der Waals surface area (Å²) in [5.74, 6) is 0.399. The van der Waals surface area contributed by atoms with Gasteiger partial charge in [-0.25, -0.2) is 4.98 Å². The van der Waals surface area contributed by atoms with E-state index in [1.807, 2.05) is 86.6 Å². The average Bonchev–Trinajstić information content (AvgIpc) is 3.08. The molecule has 0 fully saturated rings. The SMILES string of the molecule is CC(C)N1C(=O)/C(=C/c2nc3ccccc3c(=O)n2Cc2ccccc2)c2ccccc21. The molecule has 1 amide bonds. The van der Waals surface area contributed by atoms with E-state index in [2.05, 4.69) is 0 Å². The van der Waals surface area contributed by atoms with Crippen molar-refractivity contribution in [3.8, 4) is 0 Å². The highest BCUT2D eigenvalue weighted by atomic mass is 16.2. The van der Waals surface area contributed by atoms with Gasteiger partial charge in [-0.2, -0.15) is 0 Å². The van der Waals surface area contributed by atoms with E-state index in [-0.39, 0.29) is 17.5 Å². The number of fused-ring (bicyclic) bond motifs is 2. The van der Waals surface area contributed by atoms with Crippen LogP contribution in [0, 0.1) is 0 Å². The maximum absolute atomic E-state index is 13.4. The standard InChI is InChI=1S/C27H23N3O2/c1-18(2)30-24-15-9-7-12-20(24)22(27(30)32)16-25-28-23-14-8-6-13-21(23)26(31)29(25)17-19-10-4-3-5-11-19/h3-16,18H,17H2,1-2H3/b22-16+. The fourth-order valence-electron chi connectivity index (χ4n) is 4.26. The number of aromatic nitrogens is 2. The number of carbonyl (C=O) groups excluding carboxylic acids is 1. The lowest BCUT2D eigenvalue weighted by Gasteiger charge is -2.21. The second-order valence-electron chi connectivity index (χ2n) is 8.21. The Labute approximate surface area is 186 Å². The molecule has 0 spiro atoms. The van der Waals surface area contributed by atoms with Gasteiger partial charge in [0.1, 0.15) is 5.82 Å². The summed E-state index contributed by atoms with van der Waals surface area (Å²) in [5.41, 5.74) is 3.79. The van der Waals surface area contributed by atoms with Crippen LogP contribution in [0.2, 0.25) is 0 Å². The Hall–Kier alpha value is -3.99. The quantitative estimate of drug-likeness (QED) is 0.447. The average molecular weight is 422 g/mol. The first-order valence-electron chi connectivity index (χ1n) is 10.7. The molecule has 1 aliphatic heterocycles. The van der Waals surface area contributed by atoms with Gasteiger partial charge in [-0.05, 0) is 43.7 Å². The first-order chi connectivity index (χ1) is 15.5. The van der Waals surface area contributed by atoms with E-state index in [1.54, 1.807) is 21.6 Å². The molecule has 5 heteroatoms. The van der Waals surface area contributed by atoms with E-state index < -0.39 is 0 Å². The predicted octanol–water partition coefficient (Wildman–Crippen LogP) is 4.74. The third-order valence-electron chi connectivity index (χ3n) is 5.77. The number of nitrogens with zero attached hydrogens (tertiary/aromatic N) is 3. The van der Waals surface area contributed by atoms with Gasteiger partial charge in [-0.15, -0.1) is 0 Å². The highest BCUT2D eigenvalue weighted by Crippen LogP contribution is 2.38. The highest BCUT2D eigenvalue weighted by Gasteiger charge is 2.34. The van der Waals surface area contributed by atoms with E-state index in [9.17, 15) is 9.59 Å². The molecule has 5 nitrogen and oxygen atoms in total. The van der Waals surface area contributed by atoms with Crippen molar-refractivity contribution in [2.75, 3.05) is 4.90 Å². The van der Waals surface area contributed by atoms with Gasteiger partial charge >= 0.3 is 0 Å². The second kappa shape index (κ2) is 7.93. The topological polar surface area (TPSA) is 55.2 Å². The van der Waals surface area contributed by atoms with Gasteiger partial charge in [0, 0.05) is 11.6 Å². The summed E-state index contributed by atoms with van der Waals surface area (Å²) >= 11 is 0. The van der Waals surface area contributed by atoms with Crippen molar-refractivity contribution in [1.29, 1.82) is 0 Å². The third kappa shape index (κ3) is 3.32. The number of hydrogen-bond acceptors (Lipinski definition) is 3.